The Morgan fingerprint density at radius 2 is 0.966 bits per heavy atom. The van der Waals surface area contributed by atoms with Crippen LogP contribution in [0.1, 0.15) is 22.3 Å². The summed E-state index contributed by atoms with van der Waals surface area (Å²) in [6.45, 7) is 8.55. The molecule has 0 aliphatic heterocycles. The molecule has 2 aromatic rings. The molecule has 29 heavy (non-hydrogen) atoms. The van der Waals surface area contributed by atoms with Gasteiger partial charge in [0.15, 0.2) is 0 Å². The zero-order valence-corrected chi connectivity index (χ0v) is 20.0. The number of hydrogen-bond donors (Lipinski definition) is 0. The van der Waals surface area contributed by atoms with Crippen LogP contribution < -0.4 is 5.63 Å². The zero-order valence-electron chi connectivity index (χ0n) is 17.6. The second-order valence-electron chi connectivity index (χ2n) is 7.91. The molecule has 0 aromatic heterocycles. The van der Waals surface area contributed by atoms with E-state index in [1.165, 1.54) is 22.3 Å². The molecule has 3 heteroatoms. The standard InChI is InChI=1S/2C8H10O.2C5H5.Zr/c2*1-6-4-3-5-8(9)7(6)2;2*1-2-4-5-3-1;/h2*3-5,9H,1-2H3;2*1-5H;/q;;;;+2/p-2. The molecule has 0 saturated carbocycles. The van der Waals surface area contributed by atoms with Crippen molar-refractivity contribution < 1.29 is 26.8 Å². The molecule has 0 spiro atoms. The molecule has 0 heterocycles. The molecule has 0 bridgehead atoms. The Morgan fingerprint density at radius 1 is 0.586 bits per heavy atom. The minimum absolute atomic E-state index is 0.196. The third kappa shape index (κ3) is 3.86. The fraction of sp³-hybridized carbons (Fsp3) is 0.231. The van der Waals surface area contributed by atoms with E-state index in [1.807, 2.05) is 0 Å². The third-order valence-corrected chi connectivity index (χ3v) is 15.2. The first-order chi connectivity index (χ1) is 14.0. The molecule has 2 aromatic carbocycles. The van der Waals surface area contributed by atoms with Crippen molar-refractivity contribution in [2.75, 3.05) is 0 Å². The summed E-state index contributed by atoms with van der Waals surface area (Å²) in [5.41, 5.74) is 4.86. The van der Waals surface area contributed by atoms with Gasteiger partial charge in [-0.2, -0.15) is 0 Å². The predicted molar refractivity (Wildman–Crippen MR) is 117 cm³/mol. The van der Waals surface area contributed by atoms with Gasteiger partial charge >= 0.3 is 180 Å². The molecule has 0 N–H and O–H groups in total. The van der Waals surface area contributed by atoms with Crippen molar-refractivity contribution in [1.82, 2.24) is 0 Å². The third-order valence-electron chi connectivity index (χ3n) is 6.07. The number of allylic oxidation sites excluding steroid dienone is 8. The van der Waals surface area contributed by atoms with Crippen molar-refractivity contribution >= 4 is 0 Å². The second kappa shape index (κ2) is 8.32. The first-order valence-electron chi connectivity index (χ1n) is 10.2. The maximum atomic E-state index is 7.06. The molecule has 2 nitrogen and oxygen atoms in total. The van der Waals surface area contributed by atoms with Crippen LogP contribution in [0.15, 0.2) is 85.0 Å². The number of benzene rings is 2. The summed E-state index contributed by atoms with van der Waals surface area (Å²) in [4.78, 5) is 0. The monoisotopic (exact) mass is 462 g/mol. The van der Waals surface area contributed by atoms with Crippen molar-refractivity contribution in [2.24, 2.45) is 0 Å². The number of hydrogen-bond acceptors (Lipinski definition) is 2. The van der Waals surface area contributed by atoms with E-state index in [-0.39, 0.29) is 7.25 Å². The Morgan fingerprint density at radius 3 is 1.34 bits per heavy atom. The van der Waals surface area contributed by atoms with Gasteiger partial charge in [0.2, 0.25) is 0 Å². The van der Waals surface area contributed by atoms with E-state index >= 15 is 0 Å². The van der Waals surface area contributed by atoms with Crippen LogP contribution in [0.25, 0.3) is 0 Å². The first kappa shape index (κ1) is 20.2. The Hall–Kier alpha value is -2.12. The molecule has 0 saturated heterocycles. The average molecular weight is 464 g/mol. The quantitative estimate of drug-likeness (QED) is 0.451. The summed E-state index contributed by atoms with van der Waals surface area (Å²) in [5, 5.41) is 0. The van der Waals surface area contributed by atoms with E-state index in [9.17, 15) is 0 Å². The van der Waals surface area contributed by atoms with E-state index in [2.05, 4.69) is 113 Å². The molecule has 0 fully saturated rings. The Balaban J connectivity index is 1.86. The molecule has 4 rings (SSSR count). The second-order valence-corrected chi connectivity index (χ2v) is 15.7. The first-order valence-corrected chi connectivity index (χ1v) is 15.1. The zero-order chi connectivity index (χ0) is 20.4. The van der Waals surface area contributed by atoms with Crippen molar-refractivity contribution in [3.63, 3.8) is 0 Å². The minimum atomic E-state index is -3.87. The summed E-state index contributed by atoms with van der Waals surface area (Å²) in [6, 6.07) is 12.6. The normalized spacial score (nSPS) is 16.1. The van der Waals surface area contributed by atoms with Crippen molar-refractivity contribution in [3.8, 4) is 11.5 Å². The van der Waals surface area contributed by atoms with Crippen LogP contribution in [-0.2, 0) is 21.1 Å². The summed E-state index contributed by atoms with van der Waals surface area (Å²) in [7, 11) is 0. The molecule has 2 aliphatic rings. The van der Waals surface area contributed by atoms with Gasteiger partial charge < -0.3 is 0 Å². The van der Waals surface area contributed by atoms with Crippen LogP contribution in [-0.4, -0.2) is 0 Å². The van der Waals surface area contributed by atoms with Gasteiger partial charge in [0.25, 0.3) is 0 Å². The van der Waals surface area contributed by atoms with Gasteiger partial charge in [-0.3, -0.25) is 0 Å². The Labute approximate surface area is 179 Å². The van der Waals surface area contributed by atoms with Crippen LogP contribution in [0.4, 0.5) is 0 Å². The average Bonchev–Trinajstić information content (AvgIpc) is 3.43. The summed E-state index contributed by atoms with van der Waals surface area (Å²) in [5.74, 6) is 1.90. The molecular formula is C26H28O2Zr. The molecule has 148 valence electrons. The fourth-order valence-electron chi connectivity index (χ4n) is 3.93. The Bertz CT molecular complexity index is 921. The van der Waals surface area contributed by atoms with Gasteiger partial charge in [0.05, 0.1) is 0 Å². The Kier molecular flexibility index (Phi) is 5.79. The van der Waals surface area contributed by atoms with Crippen molar-refractivity contribution in [1.29, 1.82) is 0 Å². The van der Waals surface area contributed by atoms with Gasteiger partial charge in [-0.25, -0.2) is 0 Å². The van der Waals surface area contributed by atoms with Crippen molar-refractivity contribution in [3.05, 3.63) is 107 Å². The van der Waals surface area contributed by atoms with Crippen LogP contribution in [0.2, 0.25) is 7.25 Å². The van der Waals surface area contributed by atoms with Crippen LogP contribution in [0.5, 0.6) is 11.5 Å². The molecule has 0 unspecified atom stereocenters. The van der Waals surface area contributed by atoms with E-state index in [1.54, 1.807) is 0 Å². The number of rotatable bonds is 6. The molecule has 0 amide bonds. The topological polar surface area (TPSA) is 18.5 Å². The van der Waals surface area contributed by atoms with Gasteiger partial charge in [0, 0.05) is 0 Å². The van der Waals surface area contributed by atoms with E-state index in [0.717, 1.165) is 11.5 Å². The molecular weight excluding hydrogens is 436 g/mol. The van der Waals surface area contributed by atoms with E-state index in [4.69, 9.17) is 5.63 Å². The predicted octanol–water partition coefficient (Wildman–Crippen LogP) is 7.19. The molecule has 0 radical (unpaired) electrons. The number of aryl methyl sites for hydroxylation is 2. The SMILES string of the molecule is Cc1cccc([O][Zr]([O]c2cccc(C)c2C)([CH]2C=CC=C2)[CH]2C=CC=C2)c1C. The maximum absolute atomic E-state index is 7.06. The molecule has 2 aliphatic carbocycles. The van der Waals surface area contributed by atoms with Gasteiger partial charge in [-0.1, -0.05) is 0 Å². The van der Waals surface area contributed by atoms with Crippen molar-refractivity contribution in [2.45, 2.75) is 34.9 Å². The van der Waals surface area contributed by atoms with E-state index < -0.39 is 21.1 Å². The van der Waals surface area contributed by atoms with Gasteiger partial charge in [-0.05, 0) is 0 Å². The van der Waals surface area contributed by atoms with Crippen LogP contribution in [0.3, 0.4) is 0 Å². The fourth-order valence-corrected chi connectivity index (χ4v) is 13.0. The summed E-state index contributed by atoms with van der Waals surface area (Å²) in [6.07, 6.45) is 17.5. The van der Waals surface area contributed by atoms with Crippen LogP contribution in [0, 0.1) is 27.7 Å². The molecule has 0 atom stereocenters. The van der Waals surface area contributed by atoms with Crippen LogP contribution >= 0.6 is 0 Å². The van der Waals surface area contributed by atoms with Gasteiger partial charge in [0.1, 0.15) is 0 Å². The summed E-state index contributed by atoms with van der Waals surface area (Å²) < 4.78 is 14.5. The van der Waals surface area contributed by atoms with Gasteiger partial charge in [-0.15, -0.1) is 0 Å². The van der Waals surface area contributed by atoms with E-state index in [0.29, 0.717) is 0 Å². The summed E-state index contributed by atoms with van der Waals surface area (Å²) >= 11 is -3.87.